The first-order valence-electron chi connectivity index (χ1n) is 8.50. The second-order valence-corrected chi connectivity index (χ2v) is 6.00. The van der Waals surface area contributed by atoms with Gasteiger partial charge in [0.2, 0.25) is 0 Å². The van der Waals surface area contributed by atoms with Crippen LogP contribution in [0.3, 0.4) is 0 Å². The summed E-state index contributed by atoms with van der Waals surface area (Å²) in [6.45, 7) is 0. The highest BCUT2D eigenvalue weighted by Gasteiger charge is 2.18. The molecule has 5 heteroatoms. The van der Waals surface area contributed by atoms with Gasteiger partial charge >= 0.3 is 0 Å². The zero-order chi connectivity index (χ0) is 18.8. The van der Waals surface area contributed by atoms with E-state index >= 15 is 0 Å². The Labute approximate surface area is 157 Å². The van der Waals surface area contributed by atoms with Crippen LogP contribution in [0.25, 0.3) is 33.2 Å². The number of rotatable bonds is 5. The van der Waals surface area contributed by atoms with Gasteiger partial charge in [0.05, 0.1) is 27.5 Å². The van der Waals surface area contributed by atoms with Gasteiger partial charge in [-0.25, -0.2) is 0 Å². The number of hydrogen-bond donors (Lipinski definition) is 0. The number of hydrogen-bond acceptors (Lipinski definition) is 5. The molecular weight excluding hydrogens is 342 g/mol. The van der Waals surface area contributed by atoms with Gasteiger partial charge in [-0.1, -0.05) is 35.5 Å². The number of methoxy groups -OCH3 is 3. The first-order chi connectivity index (χ1) is 13.3. The summed E-state index contributed by atoms with van der Waals surface area (Å²) in [5.74, 6) is 2.85. The molecule has 4 rings (SSSR count). The van der Waals surface area contributed by atoms with Crippen LogP contribution in [0.15, 0.2) is 65.3 Å². The fourth-order valence-electron chi connectivity index (χ4n) is 3.29. The average molecular weight is 361 g/mol. The van der Waals surface area contributed by atoms with E-state index in [1.807, 2.05) is 54.6 Å². The predicted molar refractivity (Wildman–Crippen MR) is 105 cm³/mol. The maximum atomic E-state index is 5.65. The van der Waals surface area contributed by atoms with Crippen LogP contribution in [0.1, 0.15) is 0 Å². The third-order valence-electron chi connectivity index (χ3n) is 4.61. The van der Waals surface area contributed by atoms with Crippen molar-refractivity contribution >= 4 is 10.8 Å². The molecule has 0 aliphatic heterocycles. The van der Waals surface area contributed by atoms with Crippen LogP contribution in [0, 0.1) is 0 Å². The highest BCUT2D eigenvalue weighted by molar-refractivity contribution is 6.01. The van der Waals surface area contributed by atoms with E-state index in [9.17, 15) is 0 Å². The highest BCUT2D eigenvalue weighted by Crippen LogP contribution is 2.40. The monoisotopic (exact) mass is 361 g/mol. The Morgan fingerprint density at radius 1 is 0.704 bits per heavy atom. The van der Waals surface area contributed by atoms with E-state index in [4.69, 9.17) is 18.7 Å². The molecular formula is C22H19NO4. The van der Waals surface area contributed by atoms with Gasteiger partial charge in [0.25, 0.3) is 0 Å². The van der Waals surface area contributed by atoms with Crippen molar-refractivity contribution in [3.8, 4) is 39.7 Å². The van der Waals surface area contributed by atoms with Gasteiger partial charge in [-0.3, -0.25) is 0 Å². The van der Waals surface area contributed by atoms with Gasteiger partial charge < -0.3 is 18.7 Å². The fraction of sp³-hybridized carbons (Fsp3) is 0.136. The molecule has 0 unspecified atom stereocenters. The zero-order valence-corrected chi connectivity index (χ0v) is 15.4. The quantitative estimate of drug-likeness (QED) is 0.490. The predicted octanol–water partition coefficient (Wildman–Crippen LogP) is 5.19. The number of aromatic nitrogens is 1. The number of fused-ring (bicyclic) bond motifs is 1. The highest BCUT2D eigenvalue weighted by atomic mass is 16.5. The van der Waals surface area contributed by atoms with E-state index in [-0.39, 0.29) is 0 Å². The molecule has 0 saturated heterocycles. The normalized spacial score (nSPS) is 10.8. The third kappa shape index (κ3) is 2.87. The Kier molecular flexibility index (Phi) is 4.42. The van der Waals surface area contributed by atoms with Gasteiger partial charge in [-0.05, 0) is 35.2 Å². The lowest BCUT2D eigenvalue weighted by atomic mass is 9.97. The summed E-state index contributed by atoms with van der Waals surface area (Å²) in [6, 6.07) is 17.8. The SMILES string of the molecule is COc1ccc(-c2cnoc2-c2ccc(OC)c3ccccc23)cc1OC. The summed E-state index contributed by atoms with van der Waals surface area (Å²) in [5, 5.41) is 6.10. The standard InChI is InChI=1S/C22H19NO4/c1-24-19-11-9-17(15-6-4-5-7-16(15)19)22-18(13-23-27-22)14-8-10-20(25-2)21(12-14)26-3/h4-13H,1-3H3. The minimum Gasteiger partial charge on any atom is -0.496 e. The van der Waals surface area contributed by atoms with E-state index < -0.39 is 0 Å². The van der Waals surface area contributed by atoms with Crippen molar-refractivity contribution in [2.24, 2.45) is 0 Å². The van der Waals surface area contributed by atoms with Crippen molar-refractivity contribution in [3.63, 3.8) is 0 Å². The Hall–Kier alpha value is -3.47. The molecule has 1 aromatic heterocycles. The molecule has 0 radical (unpaired) electrons. The lowest BCUT2D eigenvalue weighted by Gasteiger charge is -2.11. The van der Waals surface area contributed by atoms with Gasteiger partial charge in [-0.15, -0.1) is 0 Å². The van der Waals surface area contributed by atoms with Crippen LogP contribution in [0.4, 0.5) is 0 Å². The summed E-state index contributed by atoms with van der Waals surface area (Å²) in [4.78, 5) is 0. The van der Waals surface area contributed by atoms with E-state index in [0.717, 1.165) is 33.2 Å². The largest absolute Gasteiger partial charge is 0.496 e. The molecule has 27 heavy (non-hydrogen) atoms. The number of ether oxygens (including phenoxy) is 3. The van der Waals surface area contributed by atoms with Gasteiger partial charge in [0.15, 0.2) is 17.3 Å². The molecule has 1 heterocycles. The molecule has 0 spiro atoms. The summed E-state index contributed by atoms with van der Waals surface area (Å²) < 4.78 is 21.9. The average Bonchev–Trinajstić information content (AvgIpc) is 3.22. The minimum atomic E-state index is 0.654. The van der Waals surface area contributed by atoms with Crippen molar-refractivity contribution in [1.29, 1.82) is 0 Å². The summed E-state index contributed by atoms with van der Waals surface area (Å²) >= 11 is 0. The second kappa shape index (κ2) is 7.03. The van der Waals surface area contributed by atoms with E-state index in [0.29, 0.717) is 17.3 Å². The minimum absolute atomic E-state index is 0.654. The first-order valence-corrected chi connectivity index (χ1v) is 8.50. The Balaban J connectivity index is 1.90. The van der Waals surface area contributed by atoms with Crippen molar-refractivity contribution in [3.05, 3.63) is 60.8 Å². The van der Waals surface area contributed by atoms with Crippen molar-refractivity contribution < 1.29 is 18.7 Å². The van der Waals surface area contributed by atoms with Gasteiger partial charge in [0, 0.05) is 16.5 Å². The topological polar surface area (TPSA) is 53.7 Å². The molecule has 4 aromatic rings. The van der Waals surface area contributed by atoms with Crippen molar-refractivity contribution in [1.82, 2.24) is 5.16 Å². The molecule has 136 valence electrons. The van der Waals surface area contributed by atoms with E-state index in [2.05, 4.69) is 5.16 Å². The van der Waals surface area contributed by atoms with Crippen LogP contribution >= 0.6 is 0 Å². The fourth-order valence-corrected chi connectivity index (χ4v) is 3.29. The molecule has 0 bridgehead atoms. The lowest BCUT2D eigenvalue weighted by molar-refractivity contribution is 0.355. The Morgan fingerprint density at radius 3 is 2.15 bits per heavy atom. The second-order valence-electron chi connectivity index (χ2n) is 6.00. The Bertz CT molecular complexity index is 1100. The van der Waals surface area contributed by atoms with Crippen molar-refractivity contribution in [2.45, 2.75) is 0 Å². The third-order valence-corrected chi connectivity index (χ3v) is 4.61. The number of benzene rings is 3. The molecule has 0 saturated carbocycles. The van der Waals surface area contributed by atoms with Crippen LogP contribution < -0.4 is 14.2 Å². The molecule has 5 nitrogen and oxygen atoms in total. The van der Waals surface area contributed by atoms with E-state index in [1.54, 1.807) is 27.5 Å². The maximum Gasteiger partial charge on any atom is 0.175 e. The molecule has 0 atom stereocenters. The molecule has 0 N–H and O–H groups in total. The summed E-state index contributed by atoms with van der Waals surface area (Å²) in [5.41, 5.74) is 2.77. The van der Waals surface area contributed by atoms with E-state index in [1.165, 1.54) is 0 Å². The van der Waals surface area contributed by atoms with Crippen LogP contribution in [-0.2, 0) is 0 Å². The molecule has 0 aliphatic carbocycles. The number of nitrogens with zero attached hydrogens (tertiary/aromatic N) is 1. The Morgan fingerprint density at radius 2 is 1.41 bits per heavy atom. The maximum absolute atomic E-state index is 5.65. The van der Waals surface area contributed by atoms with Gasteiger partial charge in [0.1, 0.15) is 5.75 Å². The van der Waals surface area contributed by atoms with Crippen LogP contribution in [0.2, 0.25) is 0 Å². The van der Waals surface area contributed by atoms with Crippen molar-refractivity contribution in [2.75, 3.05) is 21.3 Å². The zero-order valence-electron chi connectivity index (χ0n) is 15.4. The molecule has 0 fully saturated rings. The van der Waals surface area contributed by atoms with Crippen LogP contribution in [0.5, 0.6) is 17.2 Å². The first kappa shape index (κ1) is 17.0. The molecule has 0 amide bonds. The smallest absolute Gasteiger partial charge is 0.175 e. The molecule has 0 aliphatic rings. The summed E-state index contributed by atoms with van der Waals surface area (Å²) in [6.07, 6.45) is 1.72. The van der Waals surface area contributed by atoms with Gasteiger partial charge in [-0.2, -0.15) is 0 Å². The lowest BCUT2D eigenvalue weighted by Crippen LogP contribution is -1.91. The summed E-state index contributed by atoms with van der Waals surface area (Å²) in [7, 11) is 4.91. The molecule has 3 aromatic carbocycles. The van der Waals surface area contributed by atoms with Crippen LogP contribution in [-0.4, -0.2) is 26.5 Å².